The van der Waals surface area contributed by atoms with Crippen LogP contribution in [0.3, 0.4) is 0 Å². The highest BCUT2D eigenvalue weighted by atomic mass is 35.5. The lowest BCUT2D eigenvalue weighted by Crippen LogP contribution is -2.37. The van der Waals surface area contributed by atoms with E-state index in [1.807, 2.05) is 18.5 Å². The van der Waals surface area contributed by atoms with Crippen molar-refractivity contribution in [2.45, 2.75) is 26.4 Å². The van der Waals surface area contributed by atoms with E-state index in [1.54, 1.807) is 22.7 Å². The fraction of sp³-hybridized carbons (Fsp3) is 0.263. The van der Waals surface area contributed by atoms with Crippen molar-refractivity contribution in [3.8, 4) is 0 Å². The van der Waals surface area contributed by atoms with E-state index in [-0.39, 0.29) is 11.8 Å². The van der Waals surface area contributed by atoms with Gasteiger partial charge < -0.3 is 10.2 Å². The van der Waals surface area contributed by atoms with Gasteiger partial charge in [0.1, 0.15) is 9.75 Å². The van der Waals surface area contributed by atoms with Crippen molar-refractivity contribution >= 4 is 46.1 Å². The smallest absolute Gasteiger partial charge is 0.265 e. The van der Waals surface area contributed by atoms with E-state index >= 15 is 0 Å². The number of rotatable bonds is 4. The maximum absolute atomic E-state index is 12.8. The third-order valence-corrected chi connectivity index (χ3v) is 6.88. The van der Waals surface area contributed by atoms with Crippen LogP contribution >= 0.6 is 34.3 Å². The normalized spacial score (nSPS) is 13.3. The fourth-order valence-electron chi connectivity index (χ4n) is 3.30. The van der Waals surface area contributed by atoms with Crippen LogP contribution in [0.5, 0.6) is 0 Å². The van der Waals surface area contributed by atoms with Gasteiger partial charge in [-0.3, -0.25) is 19.6 Å². The summed E-state index contributed by atoms with van der Waals surface area (Å²) in [5.74, 6) is -0.189. The van der Waals surface area contributed by atoms with Crippen molar-refractivity contribution in [2.75, 3.05) is 6.54 Å². The Morgan fingerprint density at radius 3 is 2.89 bits per heavy atom. The number of carbonyl (C=O) groups is 2. The number of nitrogens with one attached hydrogen (secondary N) is 1. The summed E-state index contributed by atoms with van der Waals surface area (Å²) in [7, 11) is 0. The first kappa shape index (κ1) is 19.0. The predicted octanol–water partition coefficient (Wildman–Crippen LogP) is 3.69. The van der Waals surface area contributed by atoms with Crippen LogP contribution in [0.1, 0.15) is 41.7 Å². The van der Waals surface area contributed by atoms with E-state index in [0.717, 1.165) is 23.2 Å². The van der Waals surface area contributed by atoms with Gasteiger partial charge in [0.25, 0.3) is 11.8 Å². The van der Waals surface area contributed by atoms with Crippen molar-refractivity contribution in [1.82, 2.24) is 20.2 Å². The van der Waals surface area contributed by atoms with E-state index in [2.05, 4.69) is 15.3 Å². The molecule has 4 rings (SSSR count). The minimum atomic E-state index is -0.139. The van der Waals surface area contributed by atoms with E-state index in [0.29, 0.717) is 34.4 Å². The van der Waals surface area contributed by atoms with Crippen molar-refractivity contribution in [1.29, 1.82) is 0 Å². The molecule has 0 fully saturated rings. The third-order valence-electron chi connectivity index (χ3n) is 4.78. The Balaban J connectivity index is 1.52. The minimum Gasteiger partial charge on any atom is -0.347 e. The third kappa shape index (κ3) is 3.67. The number of halogens is 1. The van der Waals surface area contributed by atoms with Crippen molar-refractivity contribution in [3.63, 3.8) is 0 Å². The van der Waals surface area contributed by atoms with Crippen molar-refractivity contribution in [2.24, 2.45) is 0 Å². The van der Waals surface area contributed by atoms with Gasteiger partial charge in [0.2, 0.25) is 0 Å². The van der Waals surface area contributed by atoms with Gasteiger partial charge in [-0.15, -0.1) is 22.7 Å². The monoisotopic (exact) mass is 432 g/mol. The number of aromatic nitrogens is 2. The molecule has 0 unspecified atom stereocenters. The second-order valence-electron chi connectivity index (χ2n) is 6.45. The Kier molecular flexibility index (Phi) is 5.43. The van der Waals surface area contributed by atoms with Crippen molar-refractivity contribution in [3.05, 3.63) is 66.5 Å². The molecule has 2 amide bonds. The molecule has 0 radical (unpaired) electrons. The Labute approximate surface area is 175 Å². The predicted molar refractivity (Wildman–Crippen MR) is 110 cm³/mol. The highest BCUT2D eigenvalue weighted by Crippen LogP contribution is 2.28. The molecule has 1 N–H and O–H groups in total. The lowest BCUT2D eigenvalue weighted by atomic mass is 9.94. The van der Waals surface area contributed by atoms with Crippen LogP contribution in [0.2, 0.25) is 5.02 Å². The maximum Gasteiger partial charge on any atom is 0.265 e. The summed E-state index contributed by atoms with van der Waals surface area (Å²) in [5.41, 5.74) is 5.73. The zero-order valence-electron chi connectivity index (χ0n) is 15.1. The van der Waals surface area contributed by atoms with Crippen LogP contribution < -0.4 is 5.32 Å². The Morgan fingerprint density at radius 2 is 2.18 bits per heavy atom. The second-order valence-corrected chi connectivity index (χ2v) is 8.66. The zero-order chi connectivity index (χ0) is 19.7. The molecule has 9 heteroatoms. The van der Waals surface area contributed by atoms with Gasteiger partial charge in [0, 0.05) is 31.5 Å². The largest absolute Gasteiger partial charge is 0.347 e. The van der Waals surface area contributed by atoms with Crippen LogP contribution in [0.15, 0.2) is 29.4 Å². The summed E-state index contributed by atoms with van der Waals surface area (Å²) in [5, 5.41) is 5.27. The van der Waals surface area contributed by atoms with E-state index < -0.39 is 0 Å². The van der Waals surface area contributed by atoms with Crippen LogP contribution in [0.25, 0.3) is 0 Å². The van der Waals surface area contributed by atoms with E-state index in [9.17, 15) is 9.59 Å². The molecule has 0 bridgehead atoms. The molecule has 0 saturated carbocycles. The number of thiazole rings is 1. The topological polar surface area (TPSA) is 75.2 Å². The highest BCUT2D eigenvalue weighted by molar-refractivity contribution is 7.12. The molecule has 1 aliphatic rings. The SMILES string of the molecule is Cc1ncc2c(c1CNC(=O)c1cncs1)CCN(C(=O)c1sccc1Cl)C2. The van der Waals surface area contributed by atoms with Gasteiger partial charge in [-0.1, -0.05) is 11.6 Å². The molecule has 0 atom stereocenters. The standard InChI is InChI=1S/C19H17ClN4O2S2/c1-11-14(7-23-18(25)16-8-21-10-28-16)13-2-4-24(9-12(13)6-22-11)19(26)17-15(20)3-5-27-17/h3,5-6,8,10H,2,4,7,9H2,1H3,(H,23,25). The molecular weight excluding hydrogens is 416 g/mol. The molecule has 0 aromatic carbocycles. The number of thiophene rings is 1. The molecule has 4 heterocycles. The first-order chi connectivity index (χ1) is 13.5. The van der Waals surface area contributed by atoms with Gasteiger partial charge in [0.15, 0.2) is 0 Å². The van der Waals surface area contributed by atoms with Crippen LogP contribution in [-0.2, 0) is 19.5 Å². The lowest BCUT2D eigenvalue weighted by Gasteiger charge is -2.30. The summed E-state index contributed by atoms with van der Waals surface area (Å²) in [4.78, 5) is 36.4. The number of nitrogens with zero attached hydrogens (tertiary/aromatic N) is 3. The average Bonchev–Trinajstić information content (AvgIpc) is 3.38. The summed E-state index contributed by atoms with van der Waals surface area (Å²) in [6.45, 7) is 3.45. The Hall–Kier alpha value is -2.29. The summed E-state index contributed by atoms with van der Waals surface area (Å²) < 4.78 is 0. The van der Waals surface area contributed by atoms with Gasteiger partial charge in [-0.2, -0.15) is 0 Å². The molecule has 28 heavy (non-hydrogen) atoms. The van der Waals surface area contributed by atoms with E-state index in [4.69, 9.17) is 11.6 Å². The van der Waals surface area contributed by atoms with Gasteiger partial charge >= 0.3 is 0 Å². The molecule has 3 aromatic heterocycles. The molecule has 1 aliphatic heterocycles. The Morgan fingerprint density at radius 1 is 1.32 bits per heavy atom. The van der Waals surface area contributed by atoms with Crippen LogP contribution in [-0.4, -0.2) is 33.2 Å². The molecule has 0 saturated heterocycles. The second kappa shape index (κ2) is 7.98. The average molecular weight is 433 g/mol. The summed E-state index contributed by atoms with van der Waals surface area (Å²) in [6.07, 6.45) is 4.11. The highest BCUT2D eigenvalue weighted by Gasteiger charge is 2.26. The number of hydrogen-bond acceptors (Lipinski definition) is 6. The van der Waals surface area contributed by atoms with Gasteiger partial charge in [0.05, 0.1) is 16.7 Å². The number of hydrogen-bond donors (Lipinski definition) is 1. The first-order valence-corrected chi connectivity index (χ1v) is 10.8. The molecular formula is C19H17ClN4O2S2. The molecule has 6 nitrogen and oxygen atoms in total. The van der Waals surface area contributed by atoms with Crippen LogP contribution in [0, 0.1) is 6.92 Å². The van der Waals surface area contributed by atoms with Crippen molar-refractivity contribution < 1.29 is 9.59 Å². The Bertz CT molecular complexity index is 1030. The minimum absolute atomic E-state index is 0.0497. The number of aryl methyl sites for hydroxylation is 1. The van der Waals surface area contributed by atoms with Crippen LogP contribution in [0.4, 0.5) is 0 Å². The fourth-order valence-corrected chi connectivity index (χ4v) is 4.94. The summed E-state index contributed by atoms with van der Waals surface area (Å²) in [6, 6.07) is 1.74. The molecule has 0 spiro atoms. The maximum atomic E-state index is 12.8. The molecule has 144 valence electrons. The number of amides is 2. The lowest BCUT2D eigenvalue weighted by molar-refractivity contribution is 0.0739. The number of pyridine rings is 1. The first-order valence-electron chi connectivity index (χ1n) is 8.69. The number of fused-ring (bicyclic) bond motifs is 1. The van der Waals surface area contributed by atoms with Gasteiger partial charge in [-0.25, -0.2) is 0 Å². The van der Waals surface area contributed by atoms with E-state index in [1.165, 1.54) is 28.2 Å². The molecule has 0 aliphatic carbocycles. The quantitative estimate of drug-likeness (QED) is 0.682. The molecule has 3 aromatic rings. The number of carbonyl (C=O) groups excluding carboxylic acids is 2. The van der Waals surface area contributed by atoms with Gasteiger partial charge in [-0.05, 0) is 41.5 Å². The summed E-state index contributed by atoms with van der Waals surface area (Å²) >= 11 is 8.79. The zero-order valence-corrected chi connectivity index (χ0v) is 17.5.